The van der Waals surface area contributed by atoms with Crippen LogP contribution in [0.3, 0.4) is 0 Å². The highest BCUT2D eigenvalue weighted by Gasteiger charge is 2.32. The summed E-state index contributed by atoms with van der Waals surface area (Å²) in [6, 6.07) is 21.8. The fourth-order valence-electron chi connectivity index (χ4n) is 4.35. The Kier molecular flexibility index (Phi) is 9.73. The molecule has 0 bridgehead atoms. The first-order valence-electron chi connectivity index (χ1n) is 13.2. The van der Waals surface area contributed by atoms with Gasteiger partial charge in [0.1, 0.15) is 11.9 Å². The molecular formula is C32H34FN5O2S. The second-order valence-corrected chi connectivity index (χ2v) is 11.1. The molecule has 0 fully saturated rings. The number of rotatable bonds is 10. The maximum absolute atomic E-state index is 13.9. The van der Waals surface area contributed by atoms with Crippen molar-refractivity contribution in [3.63, 3.8) is 0 Å². The predicted octanol–water partition coefficient (Wildman–Crippen LogP) is 6.11. The fourth-order valence-corrected chi connectivity index (χ4v) is 5.19. The summed E-state index contributed by atoms with van der Waals surface area (Å²) in [5.41, 5.74) is 5.66. The number of carbonyl (C=O) groups is 2. The lowest BCUT2D eigenvalue weighted by molar-refractivity contribution is -0.137. The van der Waals surface area contributed by atoms with Crippen LogP contribution in [0.25, 0.3) is 0 Å². The average Bonchev–Trinajstić information content (AvgIpc) is 2.93. The number of aromatic nitrogens is 2. The summed E-state index contributed by atoms with van der Waals surface area (Å²) in [5, 5.41) is 3.46. The van der Waals surface area contributed by atoms with Crippen molar-refractivity contribution in [3.05, 3.63) is 113 Å². The Labute approximate surface area is 244 Å². The highest BCUT2D eigenvalue weighted by molar-refractivity contribution is 7.99. The number of aryl methyl sites for hydroxylation is 3. The van der Waals surface area contributed by atoms with Crippen LogP contribution in [0.4, 0.5) is 15.8 Å². The van der Waals surface area contributed by atoms with Crippen LogP contribution in [0.1, 0.15) is 34.1 Å². The number of anilines is 2. The zero-order valence-corrected chi connectivity index (χ0v) is 24.7. The number of amides is 2. The van der Waals surface area contributed by atoms with E-state index in [1.807, 2.05) is 94.4 Å². The first-order chi connectivity index (χ1) is 19.6. The van der Waals surface area contributed by atoms with Gasteiger partial charge in [-0.05, 0) is 74.4 Å². The summed E-state index contributed by atoms with van der Waals surface area (Å²) in [6.45, 7) is 5.93. The van der Waals surface area contributed by atoms with Gasteiger partial charge in [0.05, 0.1) is 5.75 Å². The number of hydrogen-bond acceptors (Lipinski definition) is 6. The molecule has 1 aromatic heterocycles. The van der Waals surface area contributed by atoms with Gasteiger partial charge in [0.25, 0.3) is 5.91 Å². The van der Waals surface area contributed by atoms with Gasteiger partial charge < -0.3 is 15.1 Å². The molecule has 0 radical (unpaired) electrons. The summed E-state index contributed by atoms with van der Waals surface area (Å²) >= 11 is 1.22. The Morgan fingerprint density at radius 1 is 0.878 bits per heavy atom. The molecule has 0 saturated heterocycles. The van der Waals surface area contributed by atoms with Crippen LogP contribution in [0.15, 0.2) is 84.0 Å². The van der Waals surface area contributed by atoms with E-state index in [1.165, 1.54) is 28.8 Å². The minimum absolute atomic E-state index is 0.0251. The number of nitrogens with one attached hydrogen (secondary N) is 1. The van der Waals surface area contributed by atoms with Gasteiger partial charge in [0, 0.05) is 43.4 Å². The van der Waals surface area contributed by atoms with E-state index < -0.39 is 17.8 Å². The van der Waals surface area contributed by atoms with Gasteiger partial charge in [-0.3, -0.25) is 9.59 Å². The maximum Gasteiger partial charge on any atom is 0.251 e. The molecule has 1 atom stereocenters. The van der Waals surface area contributed by atoms with Crippen LogP contribution < -0.4 is 10.2 Å². The molecule has 212 valence electrons. The zero-order valence-electron chi connectivity index (χ0n) is 23.9. The molecule has 41 heavy (non-hydrogen) atoms. The van der Waals surface area contributed by atoms with Crippen molar-refractivity contribution in [1.29, 1.82) is 0 Å². The number of thioether (sulfide) groups is 1. The molecule has 2 amide bonds. The van der Waals surface area contributed by atoms with Crippen molar-refractivity contribution in [2.45, 2.75) is 38.5 Å². The molecule has 1 N–H and O–H groups in total. The number of nitrogens with zero attached hydrogens (tertiary/aromatic N) is 4. The molecule has 3 aromatic carbocycles. The highest BCUT2D eigenvalue weighted by Crippen LogP contribution is 2.28. The summed E-state index contributed by atoms with van der Waals surface area (Å²) < 4.78 is 13.9. The highest BCUT2D eigenvalue weighted by atomic mass is 32.2. The lowest BCUT2D eigenvalue weighted by Gasteiger charge is -2.31. The molecule has 4 aromatic rings. The Morgan fingerprint density at radius 2 is 1.49 bits per heavy atom. The summed E-state index contributed by atoms with van der Waals surface area (Å²) in [4.78, 5) is 40.2. The predicted molar refractivity (Wildman–Crippen MR) is 162 cm³/mol. The minimum Gasteiger partial charge on any atom is -0.378 e. The van der Waals surface area contributed by atoms with E-state index in [0.29, 0.717) is 16.4 Å². The first-order valence-corrected chi connectivity index (χ1v) is 14.2. The lowest BCUT2D eigenvalue weighted by atomic mass is 10.0. The second-order valence-electron chi connectivity index (χ2n) is 10.1. The van der Waals surface area contributed by atoms with E-state index in [1.54, 1.807) is 12.1 Å². The first kappa shape index (κ1) is 29.7. The summed E-state index contributed by atoms with van der Waals surface area (Å²) in [7, 11) is 3.88. The van der Waals surface area contributed by atoms with E-state index in [0.717, 1.165) is 28.2 Å². The smallest absolute Gasteiger partial charge is 0.251 e. The van der Waals surface area contributed by atoms with E-state index in [2.05, 4.69) is 15.3 Å². The van der Waals surface area contributed by atoms with E-state index in [4.69, 9.17) is 0 Å². The second kappa shape index (κ2) is 13.4. The van der Waals surface area contributed by atoms with Gasteiger partial charge in [-0.1, -0.05) is 53.7 Å². The van der Waals surface area contributed by atoms with Crippen LogP contribution in [0, 0.1) is 26.6 Å². The molecule has 1 heterocycles. The van der Waals surface area contributed by atoms with E-state index in [9.17, 15) is 14.0 Å². The molecule has 0 aliphatic rings. The van der Waals surface area contributed by atoms with Crippen LogP contribution in [-0.4, -0.2) is 46.5 Å². The number of halogens is 1. The lowest BCUT2D eigenvalue weighted by Crippen LogP contribution is -2.41. The maximum atomic E-state index is 13.9. The molecule has 4 rings (SSSR count). The molecule has 0 saturated carbocycles. The Hall–Kier alpha value is -4.24. The molecular weight excluding hydrogens is 537 g/mol. The Bertz CT molecular complexity index is 1470. The standard InChI is InChI=1S/C32H34FN5O2S/c1-21-6-8-24(9-7-21)19-38(29(39)20-41-32-34-22(2)18-23(3)35-32)30(25-10-12-26(33)13-11-25)31(40)36-27-14-16-28(17-15-27)37(4)5/h6-18,30H,19-20H2,1-5H3,(H,36,40)/t30-/m1/s1. The van der Waals surface area contributed by atoms with Crippen LogP contribution in [0.5, 0.6) is 0 Å². The minimum atomic E-state index is -1.02. The number of hydrogen-bond donors (Lipinski definition) is 1. The SMILES string of the molecule is Cc1ccc(CN(C(=O)CSc2nc(C)cc(C)n2)[C@@H](C(=O)Nc2ccc(N(C)C)cc2)c2ccc(F)cc2)cc1. The molecule has 0 spiro atoms. The van der Waals surface area contributed by atoms with Gasteiger partial charge in [-0.25, -0.2) is 14.4 Å². The van der Waals surface area contributed by atoms with Crippen LogP contribution >= 0.6 is 11.8 Å². The molecule has 0 unspecified atom stereocenters. The third-order valence-electron chi connectivity index (χ3n) is 6.48. The molecule has 9 heteroatoms. The van der Waals surface area contributed by atoms with E-state index in [-0.39, 0.29) is 18.2 Å². The largest absolute Gasteiger partial charge is 0.378 e. The van der Waals surface area contributed by atoms with Crippen LogP contribution in [-0.2, 0) is 16.1 Å². The van der Waals surface area contributed by atoms with Crippen molar-refractivity contribution in [2.75, 3.05) is 30.1 Å². The third-order valence-corrected chi connectivity index (χ3v) is 7.31. The van der Waals surface area contributed by atoms with Crippen molar-refractivity contribution < 1.29 is 14.0 Å². The normalized spacial score (nSPS) is 11.6. The fraction of sp³-hybridized carbons (Fsp3) is 0.250. The molecule has 0 aliphatic heterocycles. The summed E-state index contributed by atoms with van der Waals surface area (Å²) in [5.74, 6) is -1.07. The topological polar surface area (TPSA) is 78.4 Å². The van der Waals surface area contributed by atoms with Crippen molar-refractivity contribution in [1.82, 2.24) is 14.9 Å². The van der Waals surface area contributed by atoms with Gasteiger partial charge in [-0.15, -0.1) is 0 Å². The number of benzene rings is 3. The van der Waals surface area contributed by atoms with Gasteiger partial charge in [-0.2, -0.15) is 0 Å². The Balaban J connectivity index is 1.69. The quantitative estimate of drug-likeness (QED) is 0.183. The molecule has 7 nitrogen and oxygen atoms in total. The zero-order chi connectivity index (χ0) is 29.5. The number of carbonyl (C=O) groups excluding carboxylic acids is 2. The van der Waals surface area contributed by atoms with Crippen molar-refractivity contribution in [2.24, 2.45) is 0 Å². The summed E-state index contributed by atoms with van der Waals surface area (Å²) in [6.07, 6.45) is 0. The van der Waals surface area contributed by atoms with Crippen molar-refractivity contribution >= 4 is 35.0 Å². The van der Waals surface area contributed by atoms with Crippen molar-refractivity contribution in [3.8, 4) is 0 Å². The van der Waals surface area contributed by atoms with E-state index >= 15 is 0 Å². The third kappa shape index (κ3) is 8.14. The van der Waals surface area contributed by atoms with Gasteiger partial charge in [0.15, 0.2) is 5.16 Å². The molecule has 0 aliphatic carbocycles. The van der Waals surface area contributed by atoms with Gasteiger partial charge >= 0.3 is 0 Å². The van der Waals surface area contributed by atoms with Gasteiger partial charge in [0.2, 0.25) is 5.91 Å². The Morgan fingerprint density at radius 3 is 2.07 bits per heavy atom. The van der Waals surface area contributed by atoms with Crippen LogP contribution in [0.2, 0.25) is 0 Å². The average molecular weight is 572 g/mol. The monoisotopic (exact) mass is 571 g/mol.